The summed E-state index contributed by atoms with van der Waals surface area (Å²) < 4.78 is 5.92. The Labute approximate surface area is 189 Å². The van der Waals surface area contributed by atoms with Gasteiger partial charge in [-0.2, -0.15) is 0 Å². The lowest BCUT2D eigenvalue weighted by molar-refractivity contribution is -0.122. The quantitative estimate of drug-likeness (QED) is 0.379. The highest BCUT2D eigenvalue weighted by Crippen LogP contribution is 2.35. The van der Waals surface area contributed by atoms with Crippen LogP contribution in [0.3, 0.4) is 0 Å². The number of carbonyl (C=O) groups excluding carboxylic acids is 1. The number of thioether (sulfide) groups is 1. The minimum absolute atomic E-state index is 0.0657. The molecule has 4 nitrogen and oxygen atoms in total. The van der Waals surface area contributed by atoms with Crippen LogP contribution in [0.25, 0.3) is 17.4 Å². The van der Waals surface area contributed by atoms with Gasteiger partial charge in [0, 0.05) is 18.2 Å². The van der Waals surface area contributed by atoms with E-state index in [2.05, 4.69) is 4.99 Å². The van der Waals surface area contributed by atoms with Crippen LogP contribution in [-0.2, 0) is 4.79 Å². The average Bonchev–Trinajstić information content (AvgIpc) is 3.32. The van der Waals surface area contributed by atoms with Crippen LogP contribution in [0.4, 0.5) is 5.69 Å². The molecule has 1 aliphatic rings. The van der Waals surface area contributed by atoms with Gasteiger partial charge in [0.2, 0.25) is 0 Å². The zero-order valence-corrected chi connectivity index (χ0v) is 18.5. The van der Waals surface area contributed by atoms with Crippen LogP contribution in [0.15, 0.2) is 75.0 Å². The number of aliphatic imine (C=N–C) groups is 1. The molecule has 0 saturated carbocycles. The van der Waals surface area contributed by atoms with Crippen molar-refractivity contribution in [3.05, 3.63) is 81.4 Å². The Morgan fingerprint density at radius 3 is 2.60 bits per heavy atom. The van der Waals surface area contributed by atoms with Crippen LogP contribution in [0.1, 0.15) is 19.1 Å². The van der Waals surface area contributed by atoms with Crippen LogP contribution < -0.4 is 0 Å². The zero-order valence-electron chi connectivity index (χ0n) is 16.1. The van der Waals surface area contributed by atoms with Crippen LogP contribution in [0, 0.1) is 0 Å². The van der Waals surface area contributed by atoms with E-state index >= 15 is 0 Å². The number of para-hydroxylation sites is 1. The molecule has 0 spiro atoms. The first kappa shape index (κ1) is 20.8. The molecule has 2 heterocycles. The number of benzene rings is 2. The molecule has 0 atom stereocenters. The number of hydrogen-bond donors (Lipinski definition) is 0. The molecule has 2 aromatic carbocycles. The fraction of sp³-hybridized carbons (Fsp3) is 0.130. The predicted molar refractivity (Wildman–Crippen MR) is 125 cm³/mol. The summed E-state index contributed by atoms with van der Waals surface area (Å²) in [6.45, 7) is 2.65. The lowest BCUT2D eigenvalue weighted by atomic mass is 10.2. The molecule has 0 bridgehead atoms. The summed E-state index contributed by atoms with van der Waals surface area (Å²) in [7, 11) is 0. The van der Waals surface area contributed by atoms with Crippen molar-refractivity contribution in [3.8, 4) is 11.3 Å². The van der Waals surface area contributed by atoms with E-state index in [1.807, 2.05) is 55.5 Å². The van der Waals surface area contributed by atoms with Crippen LogP contribution >= 0.6 is 35.0 Å². The first-order valence-corrected chi connectivity index (χ1v) is 11.0. The van der Waals surface area contributed by atoms with Crippen molar-refractivity contribution in [2.24, 2.45) is 4.99 Å². The molecule has 1 saturated heterocycles. The number of nitrogens with zero attached hydrogens (tertiary/aromatic N) is 2. The van der Waals surface area contributed by atoms with Gasteiger partial charge in [0.1, 0.15) is 11.5 Å². The van der Waals surface area contributed by atoms with Gasteiger partial charge < -0.3 is 4.42 Å². The minimum atomic E-state index is -0.0657. The normalized spacial score (nSPS) is 16.8. The standard InChI is InChI=1S/C23H18Cl2N2O2S/c1-2-12-27-22(28)21(30-23(27)26-16-6-4-3-5-7-16)14-17-9-11-20(29-17)15-8-10-18(24)19(25)13-15/h3-11,13-14H,2,12H2,1H3/b21-14+,26-23?. The number of amidine groups is 1. The molecular weight excluding hydrogens is 439 g/mol. The molecule has 1 aliphatic heterocycles. The van der Waals surface area contributed by atoms with E-state index in [0.29, 0.717) is 38.2 Å². The summed E-state index contributed by atoms with van der Waals surface area (Å²) in [5.74, 6) is 1.17. The van der Waals surface area contributed by atoms with E-state index < -0.39 is 0 Å². The Morgan fingerprint density at radius 2 is 1.87 bits per heavy atom. The highest BCUT2D eigenvalue weighted by Gasteiger charge is 2.33. The summed E-state index contributed by atoms with van der Waals surface area (Å²) >= 11 is 13.4. The fourth-order valence-electron chi connectivity index (χ4n) is 2.99. The second kappa shape index (κ2) is 9.13. The van der Waals surface area contributed by atoms with E-state index in [0.717, 1.165) is 17.7 Å². The lowest BCUT2D eigenvalue weighted by Gasteiger charge is -2.13. The van der Waals surface area contributed by atoms with Crippen molar-refractivity contribution in [2.75, 3.05) is 6.54 Å². The molecule has 0 aliphatic carbocycles. The molecule has 30 heavy (non-hydrogen) atoms. The van der Waals surface area contributed by atoms with Crippen molar-refractivity contribution in [2.45, 2.75) is 13.3 Å². The molecule has 1 aromatic heterocycles. The second-order valence-corrected chi connectivity index (χ2v) is 8.45. The van der Waals surface area contributed by atoms with E-state index in [9.17, 15) is 4.79 Å². The van der Waals surface area contributed by atoms with Gasteiger partial charge in [-0.3, -0.25) is 9.69 Å². The third-order valence-corrected chi connectivity index (χ3v) is 6.17. The van der Waals surface area contributed by atoms with Gasteiger partial charge in [0.25, 0.3) is 5.91 Å². The molecule has 0 unspecified atom stereocenters. The molecule has 3 aromatic rings. The summed E-state index contributed by atoms with van der Waals surface area (Å²) in [4.78, 5) is 19.9. The van der Waals surface area contributed by atoms with Gasteiger partial charge in [0.15, 0.2) is 5.17 Å². The largest absolute Gasteiger partial charge is 0.457 e. The smallest absolute Gasteiger partial charge is 0.266 e. The summed E-state index contributed by atoms with van der Waals surface area (Å²) in [5.41, 5.74) is 1.63. The van der Waals surface area contributed by atoms with Crippen molar-refractivity contribution in [3.63, 3.8) is 0 Å². The Bertz CT molecular complexity index is 1140. The third-order valence-electron chi connectivity index (χ3n) is 4.42. The molecule has 0 N–H and O–H groups in total. The zero-order chi connectivity index (χ0) is 21.1. The van der Waals surface area contributed by atoms with Crippen LogP contribution in [-0.4, -0.2) is 22.5 Å². The second-order valence-electron chi connectivity index (χ2n) is 6.63. The summed E-state index contributed by atoms with van der Waals surface area (Å²) in [6, 6.07) is 18.6. The number of rotatable bonds is 5. The number of amides is 1. The summed E-state index contributed by atoms with van der Waals surface area (Å²) in [5, 5.41) is 1.63. The van der Waals surface area contributed by atoms with E-state index in [-0.39, 0.29) is 5.91 Å². The topological polar surface area (TPSA) is 45.8 Å². The highest BCUT2D eigenvalue weighted by molar-refractivity contribution is 8.18. The molecule has 4 rings (SSSR count). The van der Waals surface area contributed by atoms with Gasteiger partial charge in [-0.05, 0) is 60.6 Å². The molecule has 152 valence electrons. The first-order chi connectivity index (χ1) is 14.5. The van der Waals surface area contributed by atoms with Gasteiger partial charge >= 0.3 is 0 Å². The van der Waals surface area contributed by atoms with Crippen molar-refractivity contribution < 1.29 is 9.21 Å². The maximum Gasteiger partial charge on any atom is 0.266 e. The van der Waals surface area contributed by atoms with Gasteiger partial charge in [-0.25, -0.2) is 4.99 Å². The Morgan fingerprint density at radius 1 is 1.07 bits per heavy atom. The average molecular weight is 457 g/mol. The Kier molecular flexibility index (Phi) is 6.32. The molecule has 1 fully saturated rings. The molecule has 1 amide bonds. The van der Waals surface area contributed by atoms with E-state index in [1.165, 1.54) is 11.8 Å². The monoisotopic (exact) mass is 456 g/mol. The highest BCUT2D eigenvalue weighted by atomic mass is 35.5. The van der Waals surface area contributed by atoms with Crippen LogP contribution in [0.5, 0.6) is 0 Å². The number of halogens is 2. The fourth-order valence-corrected chi connectivity index (χ4v) is 4.29. The van der Waals surface area contributed by atoms with Gasteiger partial charge in [-0.1, -0.05) is 48.3 Å². The van der Waals surface area contributed by atoms with Crippen molar-refractivity contribution in [1.29, 1.82) is 0 Å². The van der Waals surface area contributed by atoms with Gasteiger partial charge in [-0.15, -0.1) is 0 Å². The van der Waals surface area contributed by atoms with Crippen molar-refractivity contribution in [1.82, 2.24) is 4.90 Å². The molecule has 0 radical (unpaired) electrons. The third kappa shape index (κ3) is 4.48. The maximum absolute atomic E-state index is 12.9. The predicted octanol–water partition coefficient (Wildman–Crippen LogP) is 7.27. The maximum atomic E-state index is 12.9. The number of carbonyl (C=O) groups is 1. The van der Waals surface area contributed by atoms with E-state index in [4.69, 9.17) is 27.6 Å². The molecule has 7 heteroatoms. The van der Waals surface area contributed by atoms with Crippen LogP contribution in [0.2, 0.25) is 10.0 Å². The lowest BCUT2D eigenvalue weighted by Crippen LogP contribution is -2.29. The Hall–Kier alpha value is -2.47. The Balaban J connectivity index is 1.62. The van der Waals surface area contributed by atoms with E-state index in [1.54, 1.807) is 23.1 Å². The van der Waals surface area contributed by atoms with Crippen molar-refractivity contribution >= 4 is 57.8 Å². The number of hydrogen-bond acceptors (Lipinski definition) is 4. The van der Waals surface area contributed by atoms with Gasteiger partial charge in [0.05, 0.1) is 20.6 Å². The SMILES string of the molecule is CCCN1C(=O)/C(=C\c2ccc(-c3ccc(Cl)c(Cl)c3)o2)SC1=Nc1ccccc1. The summed E-state index contributed by atoms with van der Waals surface area (Å²) in [6.07, 6.45) is 2.60. The molecular formula is C23H18Cl2N2O2S. The number of furan rings is 1. The minimum Gasteiger partial charge on any atom is -0.457 e. The first-order valence-electron chi connectivity index (χ1n) is 9.45.